The Morgan fingerprint density at radius 1 is 1.33 bits per heavy atom. The largest absolute Gasteiger partial charge is 0.492 e. The van der Waals surface area contributed by atoms with Gasteiger partial charge in [-0.2, -0.15) is 0 Å². The lowest BCUT2D eigenvalue weighted by Crippen LogP contribution is -2.17. The van der Waals surface area contributed by atoms with Gasteiger partial charge >= 0.3 is 0 Å². The zero-order valence-electron chi connectivity index (χ0n) is 9.16. The Morgan fingerprint density at radius 2 is 1.93 bits per heavy atom. The highest BCUT2D eigenvalue weighted by Crippen LogP contribution is 2.16. The summed E-state index contributed by atoms with van der Waals surface area (Å²) in [6.07, 6.45) is 0. The van der Waals surface area contributed by atoms with Crippen molar-refractivity contribution in [2.75, 3.05) is 27.2 Å². The van der Waals surface area contributed by atoms with E-state index in [2.05, 4.69) is 11.5 Å². The first-order valence-corrected chi connectivity index (χ1v) is 5.20. The molecule has 0 aromatic heterocycles. The van der Waals surface area contributed by atoms with E-state index in [9.17, 15) is 0 Å². The lowest BCUT2D eigenvalue weighted by molar-refractivity contribution is 0.233. The Morgan fingerprint density at radius 3 is 2.47 bits per heavy atom. The lowest BCUT2D eigenvalue weighted by atomic mass is 10.2. The van der Waals surface area contributed by atoms with Crippen molar-refractivity contribution in [1.29, 1.82) is 0 Å². The second-order valence-electron chi connectivity index (χ2n) is 3.58. The Kier molecular flexibility index (Phi) is 4.66. The average Bonchev–Trinajstić information content (AvgIpc) is 2.18. The summed E-state index contributed by atoms with van der Waals surface area (Å²) >= 11 is 5.79. The van der Waals surface area contributed by atoms with Crippen LogP contribution in [0, 0.1) is 0 Å². The number of halogens is 1. The third-order valence-corrected chi connectivity index (χ3v) is 2.23. The van der Waals surface area contributed by atoms with Crippen molar-refractivity contribution in [3.8, 4) is 0 Å². The normalized spacial score (nSPS) is 10.4. The van der Waals surface area contributed by atoms with Gasteiger partial charge in [0.1, 0.15) is 12.4 Å². The van der Waals surface area contributed by atoms with Gasteiger partial charge in [0.25, 0.3) is 0 Å². The van der Waals surface area contributed by atoms with E-state index < -0.39 is 0 Å². The van der Waals surface area contributed by atoms with Crippen molar-refractivity contribution in [2.24, 2.45) is 0 Å². The maximum Gasteiger partial charge on any atom is 0.119 e. The zero-order chi connectivity index (χ0) is 11.3. The summed E-state index contributed by atoms with van der Waals surface area (Å²) in [7, 11) is 4.02. The topological polar surface area (TPSA) is 12.5 Å². The molecule has 0 atom stereocenters. The second-order valence-corrected chi connectivity index (χ2v) is 4.02. The van der Waals surface area contributed by atoms with Crippen LogP contribution in [0.3, 0.4) is 0 Å². The Balaban J connectivity index is 2.43. The molecule has 1 aromatic carbocycles. The maximum atomic E-state index is 5.79. The molecular formula is C12H16ClNO. The summed E-state index contributed by atoms with van der Waals surface area (Å²) in [5, 5.41) is 0.722. The van der Waals surface area contributed by atoms with Gasteiger partial charge in [-0.25, -0.2) is 0 Å². The van der Waals surface area contributed by atoms with Crippen LogP contribution in [-0.2, 0) is 4.74 Å². The van der Waals surface area contributed by atoms with Crippen LogP contribution in [0.2, 0.25) is 5.02 Å². The van der Waals surface area contributed by atoms with Crippen molar-refractivity contribution < 1.29 is 4.74 Å². The number of hydrogen-bond donors (Lipinski definition) is 0. The van der Waals surface area contributed by atoms with E-state index in [0.717, 1.165) is 17.1 Å². The fraction of sp³-hybridized carbons (Fsp3) is 0.333. The third-order valence-electron chi connectivity index (χ3n) is 1.98. The van der Waals surface area contributed by atoms with E-state index in [1.54, 1.807) is 0 Å². The van der Waals surface area contributed by atoms with Crippen LogP contribution < -0.4 is 0 Å². The number of ether oxygens (including phenoxy) is 1. The minimum Gasteiger partial charge on any atom is -0.492 e. The monoisotopic (exact) mass is 225 g/mol. The molecule has 0 aliphatic carbocycles. The van der Waals surface area contributed by atoms with E-state index in [0.29, 0.717) is 12.4 Å². The van der Waals surface area contributed by atoms with Crippen LogP contribution in [0.25, 0.3) is 5.76 Å². The van der Waals surface area contributed by atoms with E-state index >= 15 is 0 Å². The second kappa shape index (κ2) is 5.79. The van der Waals surface area contributed by atoms with Crippen molar-refractivity contribution in [2.45, 2.75) is 0 Å². The first kappa shape index (κ1) is 12.1. The summed E-state index contributed by atoms with van der Waals surface area (Å²) in [5.41, 5.74) is 0.971. The van der Waals surface area contributed by atoms with Gasteiger partial charge in [-0.1, -0.05) is 18.2 Å². The number of rotatable bonds is 5. The van der Waals surface area contributed by atoms with Gasteiger partial charge in [0.2, 0.25) is 0 Å². The summed E-state index contributed by atoms with van der Waals surface area (Å²) in [6, 6.07) is 7.47. The molecule has 82 valence electrons. The molecule has 0 aliphatic heterocycles. The molecule has 0 fully saturated rings. The molecule has 1 aromatic rings. The molecule has 2 nitrogen and oxygen atoms in total. The number of hydrogen-bond acceptors (Lipinski definition) is 2. The minimum atomic E-state index is 0.647. The third kappa shape index (κ3) is 4.36. The van der Waals surface area contributed by atoms with Gasteiger partial charge in [0.05, 0.1) is 0 Å². The highest BCUT2D eigenvalue weighted by atomic mass is 35.5. The smallest absolute Gasteiger partial charge is 0.119 e. The van der Waals surface area contributed by atoms with E-state index in [1.165, 1.54) is 0 Å². The molecule has 0 bridgehead atoms. The molecule has 0 aliphatic rings. The summed E-state index contributed by atoms with van der Waals surface area (Å²) in [4.78, 5) is 2.06. The fourth-order valence-corrected chi connectivity index (χ4v) is 1.20. The highest BCUT2D eigenvalue weighted by molar-refractivity contribution is 6.30. The standard InChI is InChI=1S/C12H16ClNO/c1-10(15-9-8-14(2)3)11-4-6-12(13)7-5-11/h4-7H,1,8-9H2,2-3H3. The van der Waals surface area contributed by atoms with Crippen LogP contribution in [0.1, 0.15) is 5.56 Å². The number of likely N-dealkylation sites (N-methyl/N-ethyl adjacent to an activating group) is 1. The van der Waals surface area contributed by atoms with Crippen LogP contribution >= 0.6 is 11.6 Å². The van der Waals surface area contributed by atoms with Gasteiger partial charge in [0, 0.05) is 17.1 Å². The summed E-state index contributed by atoms with van der Waals surface area (Å²) in [5.74, 6) is 0.688. The van der Waals surface area contributed by atoms with Gasteiger partial charge in [-0.05, 0) is 38.4 Å². The van der Waals surface area contributed by atoms with E-state index in [4.69, 9.17) is 16.3 Å². The van der Waals surface area contributed by atoms with Crippen molar-refractivity contribution in [3.63, 3.8) is 0 Å². The first-order valence-electron chi connectivity index (χ1n) is 4.82. The molecule has 0 unspecified atom stereocenters. The van der Waals surface area contributed by atoms with E-state index in [-0.39, 0.29) is 0 Å². The van der Waals surface area contributed by atoms with Crippen LogP contribution in [0.15, 0.2) is 30.8 Å². The first-order chi connectivity index (χ1) is 7.09. The Hall–Kier alpha value is -0.990. The number of benzene rings is 1. The van der Waals surface area contributed by atoms with Crippen molar-refractivity contribution >= 4 is 17.4 Å². The van der Waals surface area contributed by atoms with Gasteiger partial charge in [-0.15, -0.1) is 0 Å². The zero-order valence-corrected chi connectivity index (χ0v) is 9.92. The number of nitrogens with zero attached hydrogens (tertiary/aromatic N) is 1. The van der Waals surface area contributed by atoms with Crippen LogP contribution in [0.5, 0.6) is 0 Å². The molecule has 15 heavy (non-hydrogen) atoms. The predicted octanol–water partition coefficient (Wildman–Crippen LogP) is 2.89. The summed E-state index contributed by atoms with van der Waals surface area (Å²) in [6.45, 7) is 5.40. The van der Waals surface area contributed by atoms with Crippen LogP contribution in [0.4, 0.5) is 0 Å². The van der Waals surface area contributed by atoms with Crippen LogP contribution in [-0.4, -0.2) is 32.1 Å². The molecule has 0 saturated carbocycles. The fourth-order valence-electron chi connectivity index (χ4n) is 1.07. The molecule has 0 radical (unpaired) electrons. The van der Waals surface area contributed by atoms with E-state index in [1.807, 2.05) is 38.4 Å². The molecule has 0 saturated heterocycles. The molecule has 0 amide bonds. The van der Waals surface area contributed by atoms with Gasteiger partial charge < -0.3 is 9.64 Å². The molecule has 0 N–H and O–H groups in total. The molecule has 0 heterocycles. The minimum absolute atomic E-state index is 0.647. The predicted molar refractivity (Wildman–Crippen MR) is 65.0 cm³/mol. The quantitative estimate of drug-likeness (QED) is 0.715. The van der Waals surface area contributed by atoms with Gasteiger partial charge in [0.15, 0.2) is 0 Å². The Labute approximate surface area is 96.1 Å². The molecule has 0 spiro atoms. The van der Waals surface area contributed by atoms with Crippen molar-refractivity contribution in [3.05, 3.63) is 41.4 Å². The lowest BCUT2D eigenvalue weighted by Gasteiger charge is -2.12. The average molecular weight is 226 g/mol. The highest BCUT2D eigenvalue weighted by Gasteiger charge is 1.99. The molecule has 3 heteroatoms. The molecule has 1 rings (SSSR count). The maximum absolute atomic E-state index is 5.79. The Bertz CT molecular complexity index is 319. The SMILES string of the molecule is C=C(OCCN(C)C)c1ccc(Cl)cc1. The van der Waals surface area contributed by atoms with Crippen molar-refractivity contribution in [1.82, 2.24) is 4.90 Å². The van der Waals surface area contributed by atoms with Gasteiger partial charge in [-0.3, -0.25) is 0 Å². The molecular weight excluding hydrogens is 210 g/mol. The summed E-state index contributed by atoms with van der Waals surface area (Å²) < 4.78 is 5.50.